The second kappa shape index (κ2) is 9.33. The first kappa shape index (κ1) is 13.8. The van der Waals surface area contributed by atoms with Gasteiger partial charge in [-0.2, -0.15) is 0 Å². The molecule has 0 amide bonds. The van der Waals surface area contributed by atoms with Crippen LogP contribution in [0.1, 0.15) is 42.9 Å². The SMILES string of the molecule is CC.COCCCCc1nonc1C=O. The highest BCUT2D eigenvalue weighted by Crippen LogP contribution is 2.04. The van der Waals surface area contributed by atoms with Crippen LogP contribution in [0.5, 0.6) is 0 Å². The zero-order valence-corrected chi connectivity index (χ0v) is 9.52. The quantitative estimate of drug-likeness (QED) is 0.534. The molecule has 0 aliphatic heterocycles. The Morgan fingerprint density at radius 1 is 1.33 bits per heavy atom. The highest BCUT2D eigenvalue weighted by molar-refractivity contribution is 5.72. The highest BCUT2D eigenvalue weighted by Gasteiger charge is 2.07. The van der Waals surface area contributed by atoms with Gasteiger partial charge in [-0.25, -0.2) is 4.63 Å². The first-order valence-electron chi connectivity index (χ1n) is 5.14. The number of hydrogen-bond acceptors (Lipinski definition) is 5. The van der Waals surface area contributed by atoms with E-state index in [-0.39, 0.29) is 0 Å². The predicted octanol–water partition coefficient (Wildman–Crippen LogP) is 1.88. The number of aryl methyl sites for hydroxylation is 1. The molecular formula is C10H18N2O3. The molecule has 0 aliphatic rings. The average Bonchev–Trinajstić information content (AvgIpc) is 2.74. The molecule has 5 heteroatoms. The van der Waals surface area contributed by atoms with Gasteiger partial charge in [-0.05, 0) is 24.4 Å². The lowest BCUT2D eigenvalue weighted by molar-refractivity contribution is 0.111. The lowest BCUT2D eigenvalue weighted by Crippen LogP contribution is -1.94. The van der Waals surface area contributed by atoms with Crippen LogP contribution in [0, 0.1) is 0 Å². The molecule has 0 aromatic carbocycles. The summed E-state index contributed by atoms with van der Waals surface area (Å²) in [5.74, 6) is 0. The molecule has 1 heterocycles. The summed E-state index contributed by atoms with van der Waals surface area (Å²) < 4.78 is 9.32. The van der Waals surface area contributed by atoms with Crippen molar-refractivity contribution in [2.45, 2.75) is 33.1 Å². The molecule has 0 aliphatic carbocycles. The molecule has 0 spiro atoms. The summed E-state index contributed by atoms with van der Waals surface area (Å²) in [6, 6.07) is 0. The average molecular weight is 214 g/mol. The maximum Gasteiger partial charge on any atom is 0.173 e. The minimum absolute atomic E-state index is 0.303. The van der Waals surface area contributed by atoms with Crippen molar-refractivity contribution >= 4 is 6.29 Å². The van der Waals surface area contributed by atoms with Crippen molar-refractivity contribution in [3.05, 3.63) is 11.4 Å². The Hall–Kier alpha value is -1.23. The van der Waals surface area contributed by atoms with E-state index in [9.17, 15) is 4.79 Å². The van der Waals surface area contributed by atoms with E-state index in [4.69, 9.17) is 4.74 Å². The number of rotatable bonds is 6. The molecule has 5 nitrogen and oxygen atoms in total. The first-order chi connectivity index (χ1) is 7.38. The molecule has 0 N–H and O–H groups in total. The summed E-state index contributed by atoms with van der Waals surface area (Å²) in [5.41, 5.74) is 0.934. The molecular weight excluding hydrogens is 196 g/mol. The van der Waals surface area contributed by atoms with Crippen molar-refractivity contribution in [3.8, 4) is 0 Å². The first-order valence-corrected chi connectivity index (χ1v) is 5.14. The Morgan fingerprint density at radius 3 is 2.67 bits per heavy atom. The zero-order valence-electron chi connectivity index (χ0n) is 9.52. The third-order valence-electron chi connectivity index (χ3n) is 1.71. The fourth-order valence-electron chi connectivity index (χ4n) is 1.02. The lowest BCUT2D eigenvalue weighted by Gasteiger charge is -1.96. The normalized spacial score (nSPS) is 9.27. The van der Waals surface area contributed by atoms with Crippen LogP contribution in [0.3, 0.4) is 0 Å². The Bertz CT molecular complexity index is 261. The van der Waals surface area contributed by atoms with E-state index in [2.05, 4.69) is 14.9 Å². The Labute approximate surface area is 89.8 Å². The van der Waals surface area contributed by atoms with E-state index in [1.165, 1.54) is 0 Å². The summed E-state index contributed by atoms with van der Waals surface area (Å²) in [6.07, 6.45) is 3.23. The van der Waals surface area contributed by atoms with Crippen LogP contribution in [0.2, 0.25) is 0 Å². The number of methoxy groups -OCH3 is 1. The van der Waals surface area contributed by atoms with Crippen molar-refractivity contribution in [2.75, 3.05) is 13.7 Å². The van der Waals surface area contributed by atoms with Gasteiger partial charge >= 0.3 is 0 Å². The van der Waals surface area contributed by atoms with Crippen LogP contribution in [-0.2, 0) is 11.2 Å². The van der Waals surface area contributed by atoms with E-state index in [1.54, 1.807) is 7.11 Å². The van der Waals surface area contributed by atoms with Gasteiger partial charge in [0.05, 0.1) is 0 Å². The number of carbonyl (C=O) groups excluding carboxylic acids is 1. The number of ether oxygens (including phenoxy) is 1. The summed E-state index contributed by atoms with van der Waals surface area (Å²) in [5, 5.41) is 7.07. The molecule has 15 heavy (non-hydrogen) atoms. The fraction of sp³-hybridized carbons (Fsp3) is 0.700. The van der Waals surface area contributed by atoms with Crippen molar-refractivity contribution in [3.63, 3.8) is 0 Å². The van der Waals surface area contributed by atoms with Crippen LogP contribution >= 0.6 is 0 Å². The summed E-state index contributed by atoms with van der Waals surface area (Å²) in [7, 11) is 1.66. The summed E-state index contributed by atoms with van der Waals surface area (Å²) in [4.78, 5) is 10.4. The molecule has 0 fully saturated rings. The predicted molar refractivity (Wildman–Crippen MR) is 55.8 cm³/mol. The smallest absolute Gasteiger partial charge is 0.173 e. The van der Waals surface area contributed by atoms with Crippen molar-refractivity contribution in [1.29, 1.82) is 0 Å². The highest BCUT2D eigenvalue weighted by atomic mass is 16.6. The zero-order chi connectivity index (χ0) is 11.5. The minimum Gasteiger partial charge on any atom is -0.385 e. The van der Waals surface area contributed by atoms with Gasteiger partial charge in [-0.3, -0.25) is 4.79 Å². The third kappa shape index (κ3) is 5.27. The second-order valence-corrected chi connectivity index (χ2v) is 2.66. The maximum absolute atomic E-state index is 10.4. The molecule has 1 aromatic heterocycles. The number of nitrogens with zero attached hydrogens (tertiary/aromatic N) is 2. The maximum atomic E-state index is 10.4. The van der Waals surface area contributed by atoms with E-state index >= 15 is 0 Å². The number of aromatic nitrogens is 2. The van der Waals surface area contributed by atoms with Gasteiger partial charge < -0.3 is 4.74 Å². The van der Waals surface area contributed by atoms with E-state index in [0.29, 0.717) is 24.1 Å². The van der Waals surface area contributed by atoms with Crippen molar-refractivity contribution in [2.24, 2.45) is 0 Å². The van der Waals surface area contributed by atoms with Crippen molar-refractivity contribution in [1.82, 2.24) is 10.3 Å². The molecule has 0 saturated carbocycles. The minimum atomic E-state index is 0.303. The number of carbonyl (C=O) groups is 1. The van der Waals surface area contributed by atoms with Gasteiger partial charge in [-0.1, -0.05) is 19.0 Å². The Morgan fingerprint density at radius 2 is 2.07 bits per heavy atom. The van der Waals surface area contributed by atoms with Crippen LogP contribution in [0.25, 0.3) is 0 Å². The molecule has 0 atom stereocenters. The molecule has 1 aromatic rings. The summed E-state index contributed by atoms with van der Waals surface area (Å²) in [6.45, 7) is 4.72. The lowest BCUT2D eigenvalue weighted by atomic mass is 10.2. The fourth-order valence-corrected chi connectivity index (χ4v) is 1.02. The van der Waals surface area contributed by atoms with Gasteiger partial charge in [0.25, 0.3) is 0 Å². The van der Waals surface area contributed by atoms with Crippen molar-refractivity contribution < 1.29 is 14.2 Å². The van der Waals surface area contributed by atoms with Gasteiger partial charge in [0.1, 0.15) is 5.69 Å². The van der Waals surface area contributed by atoms with Crippen LogP contribution < -0.4 is 0 Å². The molecule has 0 bridgehead atoms. The summed E-state index contributed by atoms with van der Waals surface area (Å²) >= 11 is 0. The number of unbranched alkanes of at least 4 members (excludes halogenated alkanes) is 1. The van der Waals surface area contributed by atoms with Crippen LogP contribution in [-0.4, -0.2) is 30.3 Å². The number of aldehydes is 1. The molecule has 0 radical (unpaired) electrons. The van der Waals surface area contributed by atoms with Crippen LogP contribution in [0.15, 0.2) is 4.63 Å². The van der Waals surface area contributed by atoms with E-state index in [0.717, 1.165) is 19.4 Å². The molecule has 86 valence electrons. The second-order valence-electron chi connectivity index (χ2n) is 2.66. The largest absolute Gasteiger partial charge is 0.385 e. The molecule has 0 saturated heterocycles. The van der Waals surface area contributed by atoms with Crippen LogP contribution in [0.4, 0.5) is 0 Å². The van der Waals surface area contributed by atoms with Gasteiger partial charge in [0, 0.05) is 13.7 Å². The topological polar surface area (TPSA) is 65.2 Å². The molecule has 0 unspecified atom stereocenters. The molecule has 1 rings (SSSR count). The Balaban J connectivity index is 0.000000921. The third-order valence-corrected chi connectivity index (χ3v) is 1.71. The van der Waals surface area contributed by atoms with Gasteiger partial charge in [0.15, 0.2) is 12.0 Å². The number of hydrogen-bond donors (Lipinski definition) is 0. The van der Waals surface area contributed by atoms with E-state index < -0.39 is 0 Å². The monoisotopic (exact) mass is 214 g/mol. The standard InChI is InChI=1S/C8H12N2O3.C2H6/c1-12-5-3-2-4-7-8(6-11)10-13-9-7;1-2/h6H,2-5H2,1H3;1-2H3. The van der Waals surface area contributed by atoms with E-state index in [1.807, 2.05) is 13.8 Å². The van der Waals surface area contributed by atoms with Gasteiger partial charge in [-0.15, -0.1) is 0 Å². The van der Waals surface area contributed by atoms with Gasteiger partial charge in [0.2, 0.25) is 0 Å². The Kier molecular flexibility index (Phi) is 8.56.